The first kappa shape index (κ1) is 27.3. The van der Waals surface area contributed by atoms with E-state index in [2.05, 4.69) is 94.9 Å². The molecular weight excluding hydrogens is 464 g/mol. The van der Waals surface area contributed by atoms with Gasteiger partial charge >= 0.3 is 0 Å². The van der Waals surface area contributed by atoms with E-state index in [9.17, 15) is 5.11 Å². The van der Waals surface area contributed by atoms with Crippen molar-refractivity contribution >= 4 is 18.7 Å². The van der Waals surface area contributed by atoms with Crippen LogP contribution >= 0.6 is 0 Å². The van der Waals surface area contributed by atoms with Crippen LogP contribution in [0.3, 0.4) is 0 Å². The minimum Gasteiger partial charge on any atom is -0.407 e. The van der Waals surface area contributed by atoms with E-state index >= 15 is 0 Å². The molecule has 5 atom stereocenters. The maximum absolute atomic E-state index is 10.5. The smallest absolute Gasteiger partial charge is 0.261 e. The van der Waals surface area contributed by atoms with Gasteiger partial charge in [-0.05, 0) is 47.2 Å². The lowest BCUT2D eigenvalue weighted by atomic mass is 9.92. The van der Waals surface area contributed by atoms with Crippen LogP contribution in [0.2, 0.25) is 5.04 Å². The third kappa shape index (κ3) is 5.41. The second-order valence-corrected chi connectivity index (χ2v) is 16.2. The quantitative estimate of drug-likeness (QED) is 0.374. The van der Waals surface area contributed by atoms with Crippen molar-refractivity contribution in [1.29, 1.82) is 0 Å². The van der Waals surface area contributed by atoms with Crippen LogP contribution in [-0.2, 0) is 13.9 Å². The van der Waals surface area contributed by atoms with Crippen LogP contribution < -0.4 is 10.4 Å². The second-order valence-electron chi connectivity index (χ2n) is 11.9. The fourth-order valence-electron chi connectivity index (χ4n) is 6.06. The molecule has 0 radical (unpaired) electrons. The van der Waals surface area contributed by atoms with E-state index in [1.165, 1.54) is 10.4 Å². The molecule has 2 heterocycles. The molecule has 2 fully saturated rings. The van der Waals surface area contributed by atoms with Crippen LogP contribution in [0.4, 0.5) is 0 Å². The number of aliphatic hydroxyl groups excluding tert-OH is 1. The van der Waals surface area contributed by atoms with Gasteiger partial charge in [-0.25, -0.2) is 0 Å². The molecule has 4 nitrogen and oxygen atoms in total. The Morgan fingerprint density at radius 3 is 2.08 bits per heavy atom. The predicted molar refractivity (Wildman–Crippen MR) is 149 cm³/mol. The Labute approximate surface area is 218 Å². The number of benzene rings is 2. The summed E-state index contributed by atoms with van der Waals surface area (Å²) in [6.45, 7) is 15.6. The summed E-state index contributed by atoms with van der Waals surface area (Å²) in [5, 5.41) is 13.0. The molecule has 2 aliphatic heterocycles. The highest BCUT2D eigenvalue weighted by molar-refractivity contribution is 6.99. The van der Waals surface area contributed by atoms with Crippen molar-refractivity contribution in [3.63, 3.8) is 0 Å². The molecule has 4 rings (SSSR count). The molecule has 196 valence electrons. The summed E-state index contributed by atoms with van der Waals surface area (Å²) in [7, 11) is -2.58. The van der Waals surface area contributed by atoms with Crippen LogP contribution in [0.15, 0.2) is 72.8 Å². The predicted octanol–water partition coefficient (Wildman–Crippen LogP) is 5.58. The molecule has 5 heteroatoms. The van der Waals surface area contributed by atoms with Crippen molar-refractivity contribution < 1.29 is 19.0 Å². The van der Waals surface area contributed by atoms with Crippen molar-refractivity contribution in [3.05, 3.63) is 72.8 Å². The number of ether oxygens (including phenoxy) is 2. The van der Waals surface area contributed by atoms with E-state index in [0.717, 1.165) is 37.7 Å². The number of hydrogen-bond acceptors (Lipinski definition) is 4. The lowest BCUT2D eigenvalue weighted by Crippen LogP contribution is -2.67. The zero-order valence-electron chi connectivity index (χ0n) is 22.7. The molecule has 2 aliphatic rings. The SMILES string of the molecule is C=C(C)[C@@H](O)[C@@H]1CC[C@]2(CCC[C@@H]([C@@H](C)CO[Si](c3ccccc3)(c3ccccc3)C(C)(C)C)O2)O1. The summed E-state index contributed by atoms with van der Waals surface area (Å²) in [6, 6.07) is 21.6. The van der Waals surface area contributed by atoms with Gasteiger partial charge in [0.15, 0.2) is 5.79 Å². The van der Waals surface area contributed by atoms with Gasteiger partial charge in [0, 0.05) is 25.4 Å². The molecule has 0 saturated carbocycles. The zero-order valence-corrected chi connectivity index (χ0v) is 23.7. The summed E-state index contributed by atoms with van der Waals surface area (Å²) in [5.74, 6) is -0.368. The molecule has 2 aromatic rings. The van der Waals surface area contributed by atoms with Crippen molar-refractivity contribution in [2.24, 2.45) is 5.92 Å². The normalized spacial score (nSPS) is 26.6. The third-order valence-electron chi connectivity index (χ3n) is 8.06. The number of rotatable bonds is 8. The van der Waals surface area contributed by atoms with Crippen LogP contribution in [0.1, 0.15) is 66.7 Å². The lowest BCUT2D eigenvalue weighted by molar-refractivity contribution is -0.284. The first-order valence-corrected chi connectivity index (χ1v) is 15.4. The van der Waals surface area contributed by atoms with E-state index < -0.39 is 20.2 Å². The molecule has 0 aliphatic carbocycles. The minimum absolute atomic E-state index is 0.0510. The first-order chi connectivity index (χ1) is 17.1. The van der Waals surface area contributed by atoms with Crippen LogP contribution in [-0.4, -0.2) is 44.1 Å². The van der Waals surface area contributed by atoms with E-state index in [0.29, 0.717) is 6.61 Å². The average Bonchev–Trinajstić information content (AvgIpc) is 3.27. The Hall–Kier alpha value is -1.76. The van der Waals surface area contributed by atoms with E-state index in [-0.39, 0.29) is 23.2 Å². The van der Waals surface area contributed by atoms with Gasteiger partial charge in [0.2, 0.25) is 0 Å². The van der Waals surface area contributed by atoms with Gasteiger partial charge in [-0.1, -0.05) is 94.9 Å². The average molecular weight is 509 g/mol. The Kier molecular flexibility index (Phi) is 8.28. The van der Waals surface area contributed by atoms with Crippen molar-refractivity contribution in [2.45, 2.75) is 95.9 Å². The van der Waals surface area contributed by atoms with Gasteiger partial charge in [0.05, 0.1) is 12.2 Å². The zero-order chi connectivity index (χ0) is 26.0. The number of hydrogen-bond donors (Lipinski definition) is 1. The van der Waals surface area contributed by atoms with Crippen molar-refractivity contribution in [3.8, 4) is 0 Å². The summed E-state index contributed by atoms with van der Waals surface area (Å²) in [5.41, 5.74) is 0.747. The van der Waals surface area contributed by atoms with E-state index in [1.54, 1.807) is 0 Å². The topological polar surface area (TPSA) is 47.9 Å². The van der Waals surface area contributed by atoms with Gasteiger partial charge in [0.25, 0.3) is 8.32 Å². The van der Waals surface area contributed by atoms with Crippen LogP contribution in [0.25, 0.3) is 0 Å². The maximum Gasteiger partial charge on any atom is 0.261 e. The third-order valence-corrected chi connectivity index (χ3v) is 13.1. The Bertz CT molecular complexity index is 963. The summed E-state index contributed by atoms with van der Waals surface area (Å²) in [6.07, 6.45) is 3.76. The maximum atomic E-state index is 10.5. The Morgan fingerprint density at radius 2 is 1.56 bits per heavy atom. The molecule has 0 amide bonds. The standard InChI is InChI=1S/C31H44O4Si/c1-23(2)29(32)28-19-21-31(35-28)20-13-18-27(34-31)24(3)22-33-36(30(4,5)6,25-14-9-7-10-15-25)26-16-11-8-12-17-26/h7-12,14-17,24,27-29,32H,1,13,18-22H2,2-6H3/t24-,27-,28-,29+,31-/m0/s1. The summed E-state index contributed by atoms with van der Waals surface area (Å²) >= 11 is 0. The molecule has 36 heavy (non-hydrogen) atoms. The highest BCUT2D eigenvalue weighted by atomic mass is 28.4. The number of aliphatic hydroxyl groups is 1. The molecule has 2 saturated heterocycles. The fourth-order valence-corrected chi connectivity index (χ4v) is 10.7. The van der Waals surface area contributed by atoms with Crippen molar-refractivity contribution in [2.75, 3.05) is 6.61 Å². The summed E-state index contributed by atoms with van der Waals surface area (Å²) < 4.78 is 20.2. The summed E-state index contributed by atoms with van der Waals surface area (Å²) in [4.78, 5) is 0. The van der Waals surface area contributed by atoms with Crippen LogP contribution in [0, 0.1) is 5.92 Å². The molecular formula is C31H44O4Si. The van der Waals surface area contributed by atoms with Gasteiger partial charge in [-0.15, -0.1) is 0 Å². The first-order valence-electron chi connectivity index (χ1n) is 13.5. The van der Waals surface area contributed by atoms with E-state index in [4.69, 9.17) is 13.9 Å². The lowest BCUT2D eigenvalue weighted by Gasteiger charge is -2.45. The molecule has 0 bridgehead atoms. The van der Waals surface area contributed by atoms with Crippen LogP contribution in [0.5, 0.6) is 0 Å². The fraction of sp³-hybridized carbons (Fsp3) is 0.548. The Balaban J connectivity index is 1.54. The molecule has 1 N–H and O–H groups in total. The van der Waals surface area contributed by atoms with Gasteiger partial charge in [-0.2, -0.15) is 0 Å². The highest BCUT2D eigenvalue weighted by Crippen LogP contribution is 2.44. The minimum atomic E-state index is -2.58. The van der Waals surface area contributed by atoms with Gasteiger partial charge in [0.1, 0.15) is 6.10 Å². The van der Waals surface area contributed by atoms with Gasteiger partial charge < -0.3 is 19.0 Å². The molecule has 1 spiro atoms. The van der Waals surface area contributed by atoms with Gasteiger partial charge in [-0.3, -0.25) is 0 Å². The van der Waals surface area contributed by atoms with E-state index in [1.807, 2.05) is 6.92 Å². The Morgan fingerprint density at radius 1 is 1.00 bits per heavy atom. The largest absolute Gasteiger partial charge is 0.407 e. The monoisotopic (exact) mass is 508 g/mol. The molecule has 0 unspecified atom stereocenters. The molecule has 0 aromatic heterocycles. The molecule has 2 aromatic carbocycles. The van der Waals surface area contributed by atoms with Crippen molar-refractivity contribution in [1.82, 2.24) is 0 Å². The highest BCUT2D eigenvalue weighted by Gasteiger charge is 2.51. The second kappa shape index (κ2) is 10.9.